The van der Waals surface area contributed by atoms with E-state index in [0.29, 0.717) is 12.5 Å². The van der Waals surface area contributed by atoms with Crippen LogP contribution in [-0.2, 0) is 19.1 Å². The summed E-state index contributed by atoms with van der Waals surface area (Å²) in [5.41, 5.74) is 0. The lowest BCUT2D eigenvalue weighted by atomic mass is 9.94. The molecule has 0 saturated carbocycles. The second-order valence-corrected chi connectivity index (χ2v) is 16.6. The lowest BCUT2D eigenvalue weighted by Crippen LogP contribution is -2.20. The summed E-state index contributed by atoms with van der Waals surface area (Å²) in [6.45, 7) is 15.0. The molecule has 0 fully saturated rings. The molecule has 0 rings (SSSR count). The maximum Gasteiger partial charge on any atom is 0.308 e. The molecule has 0 aromatic rings. The topological polar surface area (TPSA) is 76.7 Å². The van der Waals surface area contributed by atoms with Gasteiger partial charge in [-0.25, -0.2) is 0 Å². The molecule has 0 bridgehead atoms. The summed E-state index contributed by atoms with van der Waals surface area (Å²) in [5.74, 6) is 0.551. The summed E-state index contributed by atoms with van der Waals surface area (Å²) in [6.07, 6.45) is 43.4. The maximum atomic E-state index is 12.7. The van der Waals surface area contributed by atoms with Gasteiger partial charge < -0.3 is 24.9 Å². The molecule has 0 radical (unpaired) electrons. The van der Waals surface area contributed by atoms with Gasteiger partial charge in [-0.1, -0.05) is 182 Å². The molecular formula is C49H100N2O4. The predicted octanol–water partition coefficient (Wildman–Crippen LogP) is 14.1. The fourth-order valence-corrected chi connectivity index (χ4v) is 7.27. The minimum Gasteiger partial charge on any atom is -0.465 e. The van der Waals surface area contributed by atoms with Crippen LogP contribution >= 0.6 is 0 Å². The Morgan fingerprint density at radius 2 is 0.764 bits per heavy atom. The van der Waals surface area contributed by atoms with Crippen LogP contribution in [0.5, 0.6) is 0 Å². The molecule has 330 valence electrons. The zero-order valence-corrected chi connectivity index (χ0v) is 38.1. The molecule has 0 aromatic heterocycles. The van der Waals surface area contributed by atoms with Gasteiger partial charge in [-0.2, -0.15) is 0 Å². The van der Waals surface area contributed by atoms with Gasteiger partial charge in [0.25, 0.3) is 0 Å². The molecule has 2 atom stereocenters. The van der Waals surface area contributed by atoms with Crippen LogP contribution in [0.4, 0.5) is 0 Å². The van der Waals surface area contributed by atoms with E-state index in [0.717, 1.165) is 71.3 Å². The number of hydrogen-bond acceptors (Lipinski definition) is 6. The van der Waals surface area contributed by atoms with Gasteiger partial charge in [0.15, 0.2) is 0 Å². The molecule has 0 spiro atoms. The second kappa shape index (κ2) is 51.0. The van der Waals surface area contributed by atoms with E-state index in [1.54, 1.807) is 7.11 Å². The van der Waals surface area contributed by atoms with Crippen LogP contribution in [0.15, 0.2) is 0 Å². The van der Waals surface area contributed by atoms with Crippen molar-refractivity contribution < 1.29 is 19.1 Å². The monoisotopic (exact) mass is 781 g/mol. The van der Waals surface area contributed by atoms with E-state index in [1.807, 2.05) is 0 Å². The predicted molar refractivity (Wildman–Crippen MR) is 241 cm³/mol. The second-order valence-electron chi connectivity index (χ2n) is 16.6. The first kappa shape index (κ1) is 56.1. The molecule has 0 aliphatic heterocycles. The normalized spacial score (nSPS) is 12.3. The zero-order chi connectivity index (χ0) is 40.6. The summed E-state index contributed by atoms with van der Waals surface area (Å²) < 4.78 is 10.8. The molecule has 0 saturated heterocycles. The molecule has 0 aliphatic rings. The van der Waals surface area contributed by atoms with Gasteiger partial charge in [-0.15, -0.1) is 0 Å². The summed E-state index contributed by atoms with van der Waals surface area (Å²) in [6, 6.07) is 0. The smallest absolute Gasteiger partial charge is 0.308 e. The Kier molecular flexibility index (Phi) is 52.1. The van der Waals surface area contributed by atoms with Crippen molar-refractivity contribution in [2.75, 3.05) is 46.5 Å². The highest BCUT2D eigenvalue weighted by Gasteiger charge is 2.19. The number of ether oxygens (including phenoxy) is 2. The largest absolute Gasteiger partial charge is 0.465 e. The number of methoxy groups -OCH3 is 1. The minimum absolute atomic E-state index is 0.0771. The molecule has 2 N–H and O–H groups in total. The van der Waals surface area contributed by atoms with Crippen LogP contribution in [0, 0.1) is 11.8 Å². The SMILES string of the molecule is CCCCCCCCC(C=O)CCCCCC.CCCCCCCCC(CCCCCC)C(=O)OCCCCCCNCCCCNCCCCCCOC. The molecule has 6 nitrogen and oxygen atoms in total. The summed E-state index contributed by atoms with van der Waals surface area (Å²) in [5, 5.41) is 7.14. The van der Waals surface area contributed by atoms with E-state index in [-0.39, 0.29) is 11.9 Å². The number of carbonyl (C=O) groups excluding carboxylic acids is 2. The van der Waals surface area contributed by atoms with E-state index in [1.165, 1.54) is 186 Å². The number of aldehydes is 1. The van der Waals surface area contributed by atoms with Gasteiger partial charge in [-0.3, -0.25) is 4.79 Å². The van der Waals surface area contributed by atoms with Crippen molar-refractivity contribution >= 4 is 12.3 Å². The van der Waals surface area contributed by atoms with Crippen LogP contribution in [0.25, 0.3) is 0 Å². The fourth-order valence-electron chi connectivity index (χ4n) is 7.27. The van der Waals surface area contributed by atoms with Gasteiger partial charge >= 0.3 is 5.97 Å². The first-order valence-electron chi connectivity index (χ1n) is 24.6. The van der Waals surface area contributed by atoms with Crippen LogP contribution in [0.2, 0.25) is 0 Å². The molecule has 55 heavy (non-hydrogen) atoms. The van der Waals surface area contributed by atoms with Crippen molar-refractivity contribution in [2.24, 2.45) is 11.8 Å². The van der Waals surface area contributed by atoms with Crippen LogP contribution in [0.3, 0.4) is 0 Å². The van der Waals surface area contributed by atoms with E-state index in [9.17, 15) is 9.59 Å². The number of unbranched alkanes of at least 4 members (excludes halogenated alkanes) is 23. The zero-order valence-electron chi connectivity index (χ0n) is 38.1. The Bertz CT molecular complexity index is 721. The molecule has 0 heterocycles. The van der Waals surface area contributed by atoms with E-state index in [2.05, 4.69) is 38.3 Å². The summed E-state index contributed by atoms with van der Waals surface area (Å²) in [7, 11) is 1.78. The van der Waals surface area contributed by atoms with Gasteiger partial charge in [-0.05, 0) is 90.4 Å². The molecule has 2 unspecified atom stereocenters. The van der Waals surface area contributed by atoms with Crippen molar-refractivity contribution in [3.8, 4) is 0 Å². The summed E-state index contributed by atoms with van der Waals surface area (Å²) >= 11 is 0. The Morgan fingerprint density at radius 1 is 0.436 bits per heavy atom. The third-order valence-corrected chi connectivity index (χ3v) is 11.1. The molecule has 0 amide bonds. The molecule has 0 aromatic carbocycles. The number of nitrogens with one attached hydrogen (secondary N) is 2. The molecule has 0 aliphatic carbocycles. The Hall–Kier alpha value is -0.980. The standard InChI is InChI=1S/C33H68N2O3.C16H32O/c1-4-6-8-10-11-17-25-32(24-16-9-7-5-2)33(36)38-31-23-15-13-19-27-35-29-21-20-28-34-26-18-12-14-22-30-37-3;1-3-5-7-9-10-12-14-16(15-17)13-11-8-6-4-2/h32,34-35H,4-31H2,1-3H3;15-16H,3-14H2,1-2H3. The third kappa shape index (κ3) is 47.3. The van der Waals surface area contributed by atoms with Crippen molar-refractivity contribution in [3.63, 3.8) is 0 Å². The Morgan fingerprint density at radius 3 is 1.18 bits per heavy atom. The van der Waals surface area contributed by atoms with Gasteiger partial charge in [0.2, 0.25) is 0 Å². The van der Waals surface area contributed by atoms with Crippen LogP contribution in [0.1, 0.15) is 246 Å². The first-order valence-corrected chi connectivity index (χ1v) is 24.6. The lowest BCUT2D eigenvalue weighted by molar-refractivity contribution is -0.149. The van der Waals surface area contributed by atoms with Gasteiger partial charge in [0.05, 0.1) is 12.5 Å². The maximum absolute atomic E-state index is 12.7. The van der Waals surface area contributed by atoms with E-state index >= 15 is 0 Å². The number of rotatable bonds is 45. The number of hydrogen-bond donors (Lipinski definition) is 2. The van der Waals surface area contributed by atoms with Crippen LogP contribution < -0.4 is 10.6 Å². The molecule has 6 heteroatoms. The minimum atomic E-state index is 0.0771. The Labute approximate surface area is 345 Å². The van der Waals surface area contributed by atoms with Gasteiger partial charge in [0.1, 0.15) is 6.29 Å². The van der Waals surface area contributed by atoms with Gasteiger partial charge in [0, 0.05) is 19.6 Å². The summed E-state index contributed by atoms with van der Waals surface area (Å²) in [4.78, 5) is 23.6. The van der Waals surface area contributed by atoms with E-state index < -0.39 is 0 Å². The average molecular weight is 781 g/mol. The highest BCUT2D eigenvalue weighted by Crippen LogP contribution is 2.21. The first-order chi connectivity index (χ1) is 27.1. The van der Waals surface area contributed by atoms with Crippen molar-refractivity contribution in [2.45, 2.75) is 246 Å². The average Bonchev–Trinajstić information content (AvgIpc) is 3.20. The van der Waals surface area contributed by atoms with Crippen LogP contribution in [-0.4, -0.2) is 58.8 Å². The van der Waals surface area contributed by atoms with Crippen molar-refractivity contribution in [3.05, 3.63) is 0 Å². The lowest BCUT2D eigenvalue weighted by Gasteiger charge is -2.16. The fraction of sp³-hybridized carbons (Fsp3) is 0.959. The number of carbonyl (C=O) groups is 2. The number of esters is 1. The Balaban J connectivity index is 0. The quantitative estimate of drug-likeness (QED) is 0.0364. The molecular weight excluding hydrogens is 681 g/mol. The highest BCUT2D eigenvalue weighted by atomic mass is 16.5. The highest BCUT2D eigenvalue weighted by molar-refractivity contribution is 5.72. The van der Waals surface area contributed by atoms with Crippen molar-refractivity contribution in [1.29, 1.82) is 0 Å². The van der Waals surface area contributed by atoms with E-state index in [4.69, 9.17) is 9.47 Å². The van der Waals surface area contributed by atoms with Crippen molar-refractivity contribution in [1.82, 2.24) is 10.6 Å². The third-order valence-electron chi connectivity index (χ3n) is 11.1.